The van der Waals surface area contributed by atoms with Crippen molar-refractivity contribution in [1.29, 1.82) is 0 Å². The predicted octanol–water partition coefficient (Wildman–Crippen LogP) is 5.95. The summed E-state index contributed by atoms with van der Waals surface area (Å²) in [4.78, 5) is 3.58. The molecule has 4 heteroatoms. The van der Waals surface area contributed by atoms with Gasteiger partial charge in [0.15, 0.2) is 0 Å². The number of nitrogens with two attached hydrogens (primary N) is 1. The van der Waals surface area contributed by atoms with E-state index in [0.717, 1.165) is 61.5 Å². The Morgan fingerprint density at radius 3 is 2.58 bits per heavy atom. The second-order valence-electron chi connectivity index (χ2n) is 6.64. The smallest absolute Gasteiger partial charge is 0.119 e. The molecule has 3 rings (SSSR count). The molecule has 0 saturated carbocycles. The molecule has 0 spiro atoms. The maximum Gasteiger partial charge on any atom is 0.119 e. The van der Waals surface area contributed by atoms with Crippen LogP contribution in [-0.4, -0.2) is 18.1 Å². The molecule has 0 fully saturated rings. The fourth-order valence-corrected chi connectivity index (χ4v) is 3.40. The molecule has 3 N–H and O–H groups in total. The van der Waals surface area contributed by atoms with Crippen LogP contribution in [0.15, 0.2) is 42.5 Å². The van der Waals surface area contributed by atoms with Crippen molar-refractivity contribution >= 4 is 22.5 Å². The molecule has 138 valence electrons. The zero-order valence-corrected chi connectivity index (χ0v) is 16.1. The summed E-state index contributed by atoms with van der Waals surface area (Å²) in [5, 5.41) is 1.97. The SMILES string of the molecule is CCCCOc1ccc(-c2[nH]c3ccc(Cl)cc3c2CCCCN)cc1. The Morgan fingerprint density at radius 2 is 1.85 bits per heavy atom. The number of aromatic nitrogens is 1. The number of hydrogen-bond acceptors (Lipinski definition) is 2. The highest BCUT2D eigenvalue weighted by Crippen LogP contribution is 2.33. The third-order valence-corrected chi connectivity index (χ3v) is 4.89. The van der Waals surface area contributed by atoms with Crippen LogP contribution in [0.5, 0.6) is 5.75 Å². The molecule has 1 aromatic heterocycles. The highest BCUT2D eigenvalue weighted by Gasteiger charge is 2.13. The van der Waals surface area contributed by atoms with Crippen molar-refractivity contribution in [3.05, 3.63) is 53.1 Å². The second-order valence-corrected chi connectivity index (χ2v) is 7.08. The van der Waals surface area contributed by atoms with Gasteiger partial charge in [-0.3, -0.25) is 0 Å². The summed E-state index contributed by atoms with van der Waals surface area (Å²) in [5.41, 5.74) is 10.4. The van der Waals surface area contributed by atoms with Crippen molar-refractivity contribution in [3.8, 4) is 17.0 Å². The van der Waals surface area contributed by atoms with Gasteiger partial charge in [-0.1, -0.05) is 24.9 Å². The second kappa shape index (κ2) is 9.11. The first-order valence-electron chi connectivity index (χ1n) is 9.46. The Bertz CT molecular complexity index is 839. The van der Waals surface area contributed by atoms with Crippen LogP contribution < -0.4 is 10.5 Å². The van der Waals surface area contributed by atoms with Gasteiger partial charge in [-0.25, -0.2) is 0 Å². The Hall–Kier alpha value is -1.97. The van der Waals surface area contributed by atoms with Crippen LogP contribution in [0.4, 0.5) is 0 Å². The number of aromatic amines is 1. The van der Waals surface area contributed by atoms with Crippen LogP contribution in [0.3, 0.4) is 0 Å². The fraction of sp³-hybridized carbons (Fsp3) is 0.364. The first kappa shape index (κ1) is 18.8. The lowest BCUT2D eigenvalue weighted by Gasteiger charge is -2.08. The number of unbranched alkanes of at least 4 members (excludes halogenated alkanes) is 2. The molecule has 0 atom stereocenters. The number of H-pyrrole nitrogens is 1. The minimum Gasteiger partial charge on any atom is -0.494 e. The number of rotatable bonds is 9. The van der Waals surface area contributed by atoms with Crippen molar-refractivity contribution in [1.82, 2.24) is 4.98 Å². The van der Waals surface area contributed by atoms with Gasteiger partial charge in [-0.05, 0) is 85.8 Å². The zero-order chi connectivity index (χ0) is 18.4. The van der Waals surface area contributed by atoms with Gasteiger partial charge in [-0.2, -0.15) is 0 Å². The maximum absolute atomic E-state index is 6.24. The monoisotopic (exact) mass is 370 g/mol. The van der Waals surface area contributed by atoms with Crippen molar-refractivity contribution in [3.63, 3.8) is 0 Å². The molecule has 1 heterocycles. The van der Waals surface area contributed by atoms with Crippen molar-refractivity contribution < 1.29 is 4.74 Å². The Morgan fingerprint density at radius 1 is 1.04 bits per heavy atom. The van der Waals surface area contributed by atoms with Crippen molar-refractivity contribution in [2.24, 2.45) is 5.73 Å². The molecule has 0 aliphatic rings. The van der Waals surface area contributed by atoms with Gasteiger partial charge in [0.25, 0.3) is 0 Å². The molecule has 3 nitrogen and oxygen atoms in total. The van der Waals surface area contributed by atoms with Crippen LogP contribution in [0.25, 0.3) is 22.2 Å². The van der Waals surface area contributed by atoms with Crippen LogP contribution in [0.2, 0.25) is 5.02 Å². The number of nitrogens with one attached hydrogen (secondary N) is 1. The standard InChI is InChI=1S/C22H27ClN2O/c1-2-3-14-26-18-10-7-16(8-11-18)22-19(6-4-5-13-24)20-15-17(23)9-12-21(20)25-22/h7-12,15,25H,2-6,13-14,24H2,1H3. The van der Waals surface area contributed by atoms with E-state index in [1.54, 1.807) is 0 Å². The molecule has 26 heavy (non-hydrogen) atoms. The first-order chi connectivity index (χ1) is 12.7. The van der Waals surface area contributed by atoms with E-state index in [-0.39, 0.29) is 0 Å². The highest BCUT2D eigenvalue weighted by atomic mass is 35.5. The zero-order valence-electron chi connectivity index (χ0n) is 15.4. The topological polar surface area (TPSA) is 51.0 Å². The molecular weight excluding hydrogens is 344 g/mol. The fourth-order valence-electron chi connectivity index (χ4n) is 3.22. The summed E-state index contributed by atoms with van der Waals surface area (Å²) in [6.07, 6.45) is 5.30. The molecule has 0 radical (unpaired) electrons. The van der Waals surface area contributed by atoms with Crippen LogP contribution in [0.1, 0.15) is 38.2 Å². The summed E-state index contributed by atoms with van der Waals surface area (Å²) in [6, 6.07) is 14.4. The molecule has 3 aromatic rings. The van der Waals surface area contributed by atoms with Crippen molar-refractivity contribution in [2.75, 3.05) is 13.2 Å². The third kappa shape index (κ3) is 4.40. The van der Waals surface area contributed by atoms with Crippen molar-refractivity contribution in [2.45, 2.75) is 39.0 Å². The minimum absolute atomic E-state index is 0.724. The Balaban J connectivity index is 1.91. The molecule has 0 saturated heterocycles. The number of benzene rings is 2. The molecular formula is C22H27ClN2O. The van der Waals surface area contributed by atoms with E-state index >= 15 is 0 Å². The lowest BCUT2D eigenvalue weighted by molar-refractivity contribution is 0.309. The molecule has 0 aliphatic heterocycles. The summed E-state index contributed by atoms with van der Waals surface area (Å²) in [6.45, 7) is 3.66. The van der Waals surface area contributed by atoms with Gasteiger partial charge in [-0.15, -0.1) is 0 Å². The van der Waals surface area contributed by atoms with E-state index < -0.39 is 0 Å². The van der Waals surface area contributed by atoms with E-state index in [4.69, 9.17) is 22.1 Å². The lowest BCUT2D eigenvalue weighted by Crippen LogP contribution is -1.99. The average Bonchev–Trinajstić information content (AvgIpc) is 3.01. The van der Waals surface area contributed by atoms with Gasteiger partial charge in [0.05, 0.1) is 6.61 Å². The predicted molar refractivity (Wildman–Crippen MR) is 111 cm³/mol. The maximum atomic E-state index is 6.24. The van der Waals surface area contributed by atoms with Gasteiger partial charge >= 0.3 is 0 Å². The molecule has 2 aromatic carbocycles. The van der Waals surface area contributed by atoms with Gasteiger partial charge in [0.1, 0.15) is 5.75 Å². The van der Waals surface area contributed by atoms with Gasteiger partial charge < -0.3 is 15.5 Å². The minimum atomic E-state index is 0.724. The number of fused-ring (bicyclic) bond motifs is 1. The largest absolute Gasteiger partial charge is 0.494 e. The quantitative estimate of drug-likeness (QED) is 0.457. The van der Waals surface area contributed by atoms with Crippen LogP contribution in [-0.2, 0) is 6.42 Å². The number of halogens is 1. The van der Waals surface area contributed by atoms with E-state index in [1.807, 2.05) is 18.2 Å². The number of ether oxygens (including phenoxy) is 1. The normalized spacial score (nSPS) is 11.2. The highest BCUT2D eigenvalue weighted by molar-refractivity contribution is 6.31. The average molecular weight is 371 g/mol. The summed E-state index contributed by atoms with van der Waals surface area (Å²) < 4.78 is 5.78. The van der Waals surface area contributed by atoms with Crippen LogP contribution >= 0.6 is 11.6 Å². The number of aryl methyl sites for hydroxylation is 1. The van der Waals surface area contributed by atoms with Crippen LogP contribution in [0, 0.1) is 0 Å². The summed E-state index contributed by atoms with van der Waals surface area (Å²) in [7, 11) is 0. The molecule has 0 bridgehead atoms. The van der Waals surface area contributed by atoms with Gasteiger partial charge in [0, 0.05) is 21.6 Å². The summed E-state index contributed by atoms with van der Waals surface area (Å²) in [5.74, 6) is 0.922. The Kier molecular flexibility index (Phi) is 6.59. The van der Waals surface area contributed by atoms with E-state index in [9.17, 15) is 0 Å². The van der Waals surface area contributed by atoms with E-state index in [0.29, 0.717) is 0 Å². The molecule has 0 aliphatic carbocycles. The van der Waals surface area contributed by atoms with Gasteiger partial charge in [0.2, 0.25) is 0 Å². The molecule has 0 unspecified atom stereocenters. The summed E-state index contributed by atoms with van der Waals surface area (Å²) >= 11 is 6.24. The lowest BCUT2D eigenvalue weighted by atomic mass is 10.0. The number of hydrogen-bond donors (Lipinski definition) is 2. The van der Waals surface area contributed by atoms with E-state index in [1.165, 1.54) is 22.2 Å². The molecule has 0 amide bonds. The first-order valence-corrected chi connectivity index (χ1v) is 9.84. The Labute approximate surface area is 160 Å². The van der Waals surface area contributed by atoms with E-state index in [2.05, 4.69) is 36.2 Å². The third-order valence-electron chi connectivity index (χ3n) is 4.66.